The molecule has 3 heterocycles. The third-order valence-electron chi connectivity index (χ3n) is 5.39. The van der Waals surface area contributed by atoms with Crippen molar-refractivity contribution in [1.29, 1.82) is 0 Å². The zero-order valence-corrected chi connectivity index (χ0v) is 20.1. The SMILES string of the molecule is CC(C)(C)OC(=O)N[C@H]1CS(=O)(=O)c2ccc(-c3nnc(N4CCC(F)(F)CC4)o3)cc2NC1=O. The van der Waals surface area contributed by atoms with E-state index in [4.69, 9.17) is 9.15 Å². The quantitative estimate of drug-likeness (QED) is 0.633. The summed E-state index contributed by atoms with van der Waals surface area (Å²) in [5.74, 6) is -4.10. The molecule has 2 aliphatic rings. The molecule has 14 heteroatoms. The number of ether oxygens (including phenoxy) is 1. The minimum atomic E-state index is -3.97. The summed E-state index contributed by atoms with van der Waals surface area (Å²) in [7, 11) is -3.97. The number of hydrogen-bond acceptors (Lipinski definition) is 9. The number of rotatable bonds is 3. The van der Waals surface area contributed by atoms with E-state index in [2.05, 4.69) is 20.8 Å². The normalized spacial score (nSPS) is 21.5. The number of amides is 2. The molecule has 4 rings (SSSR count). The fourth-order valence-electron chi connectivity index (χ4n) is 3.68. The van der Waals surface area contributed by atoms with Crippen LogP contribution in [0.2, 0.25) is 0 Å². The summed E-state index contributed by atoms with van der Waals surface area (Å²) in [4.78, 5) is 26.2. The van der Waals surface area contributed by atoms with Crippen LogP contribution in [0.3, 0.4) is 0 Å². The van der Waals surface area contributed by atoms with Gasteiger partial charge < -0.3 is 24.7 Å². The lowest BCUT2D eigenvalue weighted by molar-refractivity contribution is -0.117. The molecule has 1 fully saturated rings. The average molecular weight is 514 g/mol. The van der Waals surface area contributed by atoms with Gasteiger partial charge in [-0.3, -0.25) is 4.79 Å². The van der Waals surface area contributed by atoms with Crippen LogP contribution in [0.4, 0.5) is 25.3 Å². The molecule has 0 spiro atoms. The molecule has 190 valence electrons. The number of piperidine rings is 1. The second kappa shape index (κ2) is 8.73. The molecule has 2 aromatic rings. The predicted octanol–water partition coefficient (Wildman–Crippen LogP) is 2.59. The molecule has 0 saturated carbocycles. The minimum Gasteiger partial charge on any atom is -0.444 e. The van der Waals surface area contributed by atoms with E-state index in [1.165, 1.54) is 18.2 Å². The van der Waals surface area contributed by atoms with Gasteiger partial charge in [-0.05, 0) is 39.0 Å². The Hall–Kier alpha value is -3.29. The number of sulfone groups is 1. The van der Waals surface area contributed by atoms with Gasteiger partial charge in [0.1, 0.15) is 11.6 Å². The highest BCUT2D eigenvalue weighted by Crippen LogP contribution is 2.34. The van der Waals surface area contributed by atoms with Crippen LogP contribution in [-0.4, -0.2) is 67.0 Å². The second-order valence-corrected chi connectivity index (χ2v) is 11.4. The number of alkyl halides is 2. The zero-order valence-electron chi connectivity index (χ0n) is 19.3. The lowest BCUT2D eigenvalue weighted by Gasteiger charge is -2.30. The minimum absolute atomic E-state index is 0.0154. The lowest BCUT2D eigenvalue weighted by Crippen LogP contribution is -2.48. The average Bonchev–Trinajstić information content (AvgIpc) is 3.18. The second-order valence-electron chi connectivity index (χ2n) is 9.41. The molecule has 2 aliphatic heterocycles. The lowest BCUT2D eigenvalue weighted by atomic mass is 10.1. The number of aromatic nitrogens is 2. The maximum absolute atomic E-state index is 13.4. The maximum atomic E-state index is 13.4. The van der Waals surface area contributed by atoms with E-state index in [1.807, 2.05) is 0 Å². The van der Waals surface area contributed by atoms with Crippen LogP contribution in [0.15, 0.2) is 27.5 Å². The van der Waals surface area contributed by atoms with Gasteiger partial charge in [0, 0.05) is 31.5 Å². The van der Waals surface area contributed by atoms with Crippen molar-refractivity contribution in [2.75, 3.05) is 29.1 Å². The summed E-state index contributed by atoms with van der Waals surface area (Å²) in [5, 5.41) is 12.7. The molecule has 0 aliphatic carbocycles. The summed E-state index contributed by atoms with van der Waals surface area (Å²) in [6.07, 6.45) is -1.58. The Morgan fingerprint density at radius 3 is 2.60 bits per heavy atom. The Bertz CT molecular complexity index is 1250. The Morgan fingerprint density at radius 1 is 1.26 bits per heavy atom. The summed E-state index contributed by atoms with van der Waals surface area (Å²) in [6.45, 7) is 5.02. The molecule has 0 bridgehead atoms. The van der Waals surface area contributed by atoms with Crippen molar-refractivity contribution in [3.8, 4) is 11.5 Å². The first-order valence-corrected chi connectivity index (χ1v) is 12.5. The topological polar surface area (TPSA) is 144 Å². The van der Waals surface area contributed by atoms with Gasteiger partial charge in [0.2, 0.25) is 11.8 Å². The van der Waals surface area contributed by atoms with E-state index in [-0.39, 0.29) is 48.4 Å². The maximum Gasteiger partial charge on any atom is 0.408 e. The van der Waals surface area contributed by atoms with E-state index in [9.17, 15) is 26.8 Å². The van der Waals surface area contributed by atoms with E-state index >= 15 is 0 Å². The van der Waals surface area contributed by atoms with Gasteiger partial charge >= 0.3 is 12.1 Å². The standard InChI is InChI=1S/C21H25F2N5O6S/c1-20(2,3)34-19(30)25-14-11-35(31,32)15-5-4-12(10-13(15)24-16(14)29)17-26-27-18(33-17)28-8-6-21(22,23)7-9-28/h4-5,10,14H,6-9,11H2,1-3H3,(H,24,29)(H,25,30)/t14-/m0/s1. The molecule has 1 aromatic heterocycles. The van der Waals surface area contributed by atoms with E-state index in [0.29, 0.717) is 5.56 Å². The number of hydrogen-bond donors (Lipinski definition) is 2. The zero-order chi connectivity index (χ0) is 25.6. The molecule has 1 saturated heterocycles. The van der Waals surface area contributed by atoms with Crippen molar-refractivity contribution in [2.45, 2.75) is 56.1 Å². The number of carbonyl (C=O) groups is 2. The van der Waals surface area contributed by atoms with Gasteiger partial charge in [-0.15, -0.1) is 5.10 Å². The number of alkyl carbamates (subject to hydrolysis) is 1. The van der Waals surface area contributed by atoms with Gasteiger partial charge in [0.15, 0.2) is 9.84 Å². The number of anilines is 2. The number of fused-ring (bicyclic) bond motifs is 1. The Kier molecular flexibility index (Phi) is 6.19. The molecule has 1 aromatic carbocycles. The van der Waals surface area contributed by atoms with Crippen LogP contribution in [0.5, 0.6) is 0 Å². The van der Waals surface area contributed by atoms with Crippen LogP contribution < -0.4 is 15.5 Å². The third-order valence-corrected chi connectivity index (χ3v) is 7.19. The van der Waals surface area contributed by atoms with Gasteiger partial charge in [-0.1, -0.05) is 5.10 Å². The molecule has 2 N–H and O–H groups in total. The summed E-state index contributed by atoms with van der Waals surface area (Å²) in [6, 6.07) is 2.79. The first-order valence-electron chi connectivity index (χ1n) is 10.9. The van der Waals surface area contributed by atoms with Crippen molar-refractivity contribution in [2.24, 2.45) is 0 Å². The first-order chi connectivity index (χ1) is 16.2. The van der Waals surface area contributed by atoms with Gasteiger partial charge in [0.05, 0.1) is 16.3 Å². The first kappa shape index (κ1) is 24.8. The summed E-state index contributed by atoms with van der Waals surface area (Å²) < 4.78 is 63.4. The van der Waals surface area contributed by atoms with Gasteiger partial charge in [0.25, 0.3) is 5.92 Å². The molecule has 0 unspecified atom stereocenters. The largest absolute Gasteiger partial charge is 0.444 e. The summed E-state index contributed by atoms with van der Waals surface area (Å²) >= 11 is 0. The van der Waals surface area contributed by atoms with E-state index in [0.717, 1.165) is 0 Å². The van der Waals surface area contributed by atoms with Crippen LogP contribution in [0.25, 0.3) is 11.5 Å². The van der Waals surface area contributed by atoms with Crippen molar-refractivity contribution in [3.05, 3.63) is 18.2 Å². The van der Waals surface area contributed by atoms with Crippen LogP contribution in [0.1, 0.15) is 33.6 Å². The number of benzene rings is 1. The summed E-state index contributed by atoms with van der Waals surface area (Å²) in [5.41, 5.74) is -0.530. The van der Waals surface area contributed by atoms with E-state index < -0.39 is 45.2 Å². The highest BCUT2D eigenvalue weighted by atomic mass is 32.2. The molecule has 35 heavy (non-hydrogen) atoms. The monoisotopic (exact) mass is 513 g/mol. The van der Waals surface area contributed by atoms with Crippen LogP contribution >= 0.6 is 0 Å². The molecular formula is C21H25F2N5O6S. The van der Waals surface area contributed by atoms with Gasteiger partial charge in [-0.2, -0.15) is 0 Å². The Balaban J connectivity index is 1.55. The Morgan fingerprint density at radius 2 is 1.94 bits per heavy atom. The third kappa shape index (κ3) is 5.69. The molecule has 0 radical (unpaired) electrons. The van der Waals surface area contributed by atoms with Crippen LogP contribution in [-0.2, 0) is 19.4 Å². The van der Waals surface area contributed by atoms with Crippen molar-refractivity contribution in [3.63, 3.8) is 0 Å². The molecule has 2 amide bonds. The number of halogens is 2. The number of carbonyl (C=O) groups excluding carboxylic acids is 2. The molecule has 11 nitrogen and oxygen atoms in total. The smallest absolute Gasteiger partial charge is 0.408 e. The highest BCUT2D eigenvalue weighted by molar-refractivity contribution is 7.91. The van der Waals surface area contributed by atoms with Crippen molar-refractivity contribution < 1.29 is 35.9 Å². The fraction of sp³-hybridized carbons (Fsp3) is 0.524. The Labute approximate surface area is 200 Å². The molecular weight excluding hydrogens is 488 g/mol. The van der Waals surface area contributed by atoms with Crippen molar-refractivity contribution in [1.82, 2.24) is 15.5 Å². The molecule has 1 atom stereocenters. The van der Waals surface area contributed by atoms with Gasteiger partial charge in [-0.25, -0.2) is 22.0 Å². The van der Waals surface area contributed by atoms with Crippen molar-refractivity contribution >= 4 is 33.5 Å². The number of nitrogens with one attached hydrogen (secondary N) is 2. The number of nitrogens with zero attached hydrogens (tertiary/aromatic N) is 3. The van der Waals surface area contributed by atoms with E-state index in [1.54, 1.807) is 25.7 Å². The van der Waals surface area contributed by atoms with Crippen LogP contribution in [0, 0.1) is 0 Å². The predicted molar refractivity (Wildman–Crippen MR) is 120 cm³/mol. The highest BCUT2D eigenvalue weighted by Gasteiger charge is 2.37. The fourth-order valence-corrected chi connectivity index (χ4v) is 5.25.